The van der Waals surface area contributed by atoms with Gasteiger partial charge in [0.25, 0.3) is 0 Å². The number of hydrogen-bond acceptors (Lipinski definition) is 5. The van der Waals surface area contributed by atoms with Crippen LogP contribution in [0.5, 0.6) is 5.75 Å². The van der Waals surface area contributed by atoms with Gasteiger partial charge in [-0.05, 0) is 60.2 Å². The molecule has 0 aliphatic rings. The molecule has 162 valence electrons. The van der Waals surface area contributed by atoms with Crippen molar-refractivity contribution in [2.75, 3.05) is 5.32 Å². The third kappa shape index (κ3) is 6.81. The number of ether oxygens (including phenoxy) is 1. The molecule has 0 aliphatic heterocycles. The molecular weight excluding hydrogens is 477 g/mol. The van der Waals surface area contributed by atoms with Gasteiger partial charge < -0.3 is 10.1 Å². The lowest BCUT2D eigenvalue weighted by atomic mass is 10.2. The molecule has 0 spiro atoms. The van der Waals surface area contributed by atoms with Gasteiger partial charge in [-0.1, -0.05) is 46.9 Å². The maximum atomic E-state index is 12.2. The summed E-state index contributed by atoms with van der Waals surface area (Å²) in [6.45, 7) is 0. The summed E-state index contributed by atoms with van der Waals surface area (Å²) in [6.07, 6.45) is 1.29. The number of hydrogen-bond donors (Lipinski definition) is 2. The van der Waals surface area contributed by atoms with Crippen LogP contribution < -0.4 is 15.5 Å². The molecule has 0 saturated heterocycles. The largest absolute Gasteiger partial charge is 0.423 e. The molecule has 0 aromatic heterocycles. The zero-order chi connectivity index (χ0) is 23.1. The lowest BCUT2D eigenvalue weighted by Gasteiger charge is -2.06. The second kappa shape index (κ2) is 10.8. The summed E-state index contributed by atoms with van der Waals surface area (Å²) < 4.78 is 5.32. The lowest BCUT2D eigenvalue weighted by molar-refractivity contribution is -0.136. The van der Waals surface area contributed by atoms with E-state index in [1.165, 1.54) is 30.5 Å². The molecule has 32 heavy (non-hydrogen) atoms. The molecule has 0 unspecified atom stereocenters. The minimum atomic E-state index is -0.998. The van der Waals surface area contributed by atoms with E-state index in [-0.39, 0.29) is 11.4 Å². The normalized spacial score (nSPS) is 10.6. The highest BCUT2D eigenvalue weighted by Crippen LogP contribution is 2.22. The molecule has 0 radical (unpaired) electrons. The molecule has 7 nitrogen and oxygen atoms in total. The summed E-state index contributed by atoms with van der Waals surface area (Å²) in [4.78, 5) is 36.1. The molecule has 2 N–H and O–H groups in total. The standard InChI is InChI=1S/C22H14Cl3N3O4/c23-15-6-4-14(5-7-15)22(31)32-19-3-1-2-13(8-19)12-26-28-21(30)20(29)27-18-10-16(24)9-17(25)11-18/h1-12H,(H,27,29)(H,28,30)/b26-12+. The van der Waals surface area contributed by atoms with Gasteiger partial charge in [-0.3, -0.25) is 9.59 Å². The Bertz CT molecular complexity index is 1180. The summed E-state index contributed by atoms with van der Waals surface area (Å²) in [6, 6.07) is 17.1. The van der Waals surface area contributed by atoms with E-state index in [2.05, 4.69) is 15.8 Å². The van der Waals surface area contributed by atoms with E-state index in [9.17, 15) is 14.4 Å². The number of nitrogens with one attached hydrogen (secondary N) is 2. The molecule has 0 atom stereocenters. The summed E-state index contributed by atoms with van der Waals surface area (Å²) >= 11 is 17.5. The molecule has 0 bridgehead atoms. The van der Waals surface area contributed by atoms with Crippen LogP contribution in [0.4, 0.5) is 5.69 Å². The predicted octanol–water partition coefficient (Wildman–Crippen LogP) is 4.95. The van der Waals surface area contributed by atoms with Crippen molar-refractivity contribution >= 4 is 64.5 Å². The van der Waals surface area contributed by atoms with Crippen molar-refractivity contribution in [1.29, 1.82) is 0 Å². The third-order valence-electron chi connectivity index (χ3n) is 3.85. The molecule has 0 heterocycles. The second-order valence-electron chi connectivity index (χ2n) is 6.28. The Hall–Kier alpha value is -3.39. The van der Waals surface area contributed by atoms with Crippen molar-refractivity contribution in [3.63, 3.8) is 0 Å². The molecule has 3 rings (SSSR count). The zero-order valence-corrected chi connectivity index (χ0v) is 18.4. The van der Waals surface area contributed by atoms with Crippen molar-refractivity contribution in [3.05, 3.63) is 92.9 Å². The molecule has 10 heteroatoms. The minimum Gasteiger partial charge on any atom is -0.423 e. The fourth-order valence-corrected chi connectivity index (χ4v) is 3.09. The van der Waals surface area contributed by atoms with E-state index >= 15 is 0 Å². The first-order chi connectivity index (χ1) is 15.3. The van der Waals surface area contributed by atoms with Gasteiger partial charge in [-0.2, -0.15) is 5.10 Å². The number of carbonyl (C=O) groups is 3. The van der Waals surface area contributed by atoms with Crippen LogP contribution in [0.25, 0.3) is 0 Å². The fraction of sp³-hybridized carbons (Fsp3) is 0. The number of benzene rings is 3. The summed E-state index contributed by atoms with van der Waals surface area (Å²) in [5.41, 5.74) is 3.23. The smallest absolute Gasteiger partial charge is 0.343 e. The number of halogens is 3. The van der Waals surface area contributed by atoms with Gasteiger partial charge in [-0.25, -0.2) is 10.2 Å². The van der Waals surface area contributed by atoms with Crippen LogP contribution in [0.1, 0.15) is 15.9 Å². The quantitative estimate of drug-likeness (QED) is 0.174. The van der Waals surface area contributed by atoms with Crippen LogP contribution in [-0.2, 0) is 9.59 Å². The van der Waals surface area contributed by atoms with E-state index in [4.69, 9.17) is 39.5 Å². The van der Waals surface area contributed by atoms with Crippen LogP contribution in [0.2, 0.25) is 15.1 Å². The van der Waals surface area contributed by atoms with Crippen molar-refractivity contribution < 1.29 is 19.1 Å². The lowest BCUT2D eigenvalue weighted by Crippen LogP contribution is -2.32. The van der Waals surface area contributed by atoms with Gasteiger partial charge in [0.1, 0.15) is 5.75 Å². The summed E-state index contributed by atoms with van der Waals surface area (Å²) in [5.74, 6) is -2.23. The van der Waals surface area contributed by atoms with E-state index in [1.807, 2.05) is 0 Å². The Morgan fingerprint density at radius 1 is 0.812 bits per heavy atom. The van der Waals surface area contributed by atoms with Crippen molar-refractivity contribution in [1.82, 2.24) is 5.43 Å². The highest BCUT2D eigenvalue weighted by Gasteiger charge is 2.13. The number of anilines is 1. The van der Waals surface area contributed by atoms with Crippen LogP contribution in [0, 0.1) is 0 Å². The number of amides is 2. The van der Waals surface area contributed by atoms with Gasteiger partial charge in [0.15, 0.2) is 0 Å². The Morgan fingerprint density at radius 2 is 1.50 bits per heavy atom. The monoisotopic (exact) mass is 489 g/mol. The van der Waals surface area contributed by atoms with E-state index in [1.54, 1.807) is 42.5 Å². The van der Waals surface area contributed by atoms with Crippen LogP contribution >= 0.6 is 34.8 Å². The van der Waals surface area contributed by atoms with Crippen molar-refractivity contribution in [2.45, 2.75) is 0 Å². The summed E-state index contributed by atoms with van der Waals surface area (Å²) in [7, 11) is 0. The minimum absolute atomic E-state index is 0.266. The first kappa shape index (κ1) is 23.3. The van der Waals surface area contributed by atoms with Gasteiger partial charge in [-0.15, -0.1) is 0 Å². The van der Waals surface area contributed by atoms with Crippen LogP contribution in [-0.4, -0.2) is 24.0 Å². The fourth-order valence-electron chi connectivity index (χ4n) is 2.44. The molecule has 3 aromatic carbocycles. The topological polar surface area (TPSA) is 96.9 Å². The second-order valence-corrected chi connectivity index (χ2v) is 7.59. The van der Waals surface area contributed by atoms with Crippen molar-refractivity contribution in [2.24, 2.45) is 5.10 Å². The van der Waals surface area contributed by atoms with Gasteiger partial charge in [0.2, 0.25) is 0 Å². The average molecular weight is 491 g/mol. The van der Waals surface area contributed by atoms with Crippen LogP contribution in [0.3, 0.4) is 0 Å². The molecule has 0 fully saturated rings. The van der Waals surface area contributed by atoms with Gasteiger partial charge in [0.05, 0.1) is 11.8 Å². The van der Waals surface area contributed by atoms with E-state index in [0.29, 0.717) is 26.2 Å². The number of carbonyl (C=O) groups excluding carboxylic acids is 3. The summed E-state index contributed by atoms with van der Waals surface area (Å²) in [5, 5.41) is 7.22. The highest BCUT2D eigenvalue weighted by molar-refractivity contribution is 6.40. The Morgan fingerprint density at radius 3 is 2.19 bits per heavy atom. The van der Waals surface area contributed by atoms with Gasteiger partial charge in [0, 0.05) is 20.8 Å². The molecule has 0 saturated carbocycles. The average Bonchev–Trinajstić information content (AvgIpc) is 2.73. The molecule has 2 amide bonds. The highest BCUT2D eigenvalue weighted by atomic mass is 35.5. The third-order valence-corrected chi connectivity index (χ3v) is 4.54. The molecule has 3 aromatic rings. The van der Waals surface area contributed by atoms with Crippen molar-refractivity contribution in [3.8, 4) is 5.75 Å². The molecule has 0 aliphatic carbocycles. The Kier molecular flexibility index (Phi) is 7.83. The zero-order valence-electron chi connectivity index (χ0n) is 16.1. The Labute approximate surface area is 197 Å². The first-order valence-corrected chi connectivity index (χ1v) is 10.1. The maximum absolute atomic E-state index is 12.2. The Balaban J connectivity index is 1.57. The van der Waals surface area contributed by atoms with E-state index < -0.39 is 17.8 Å². The predicted molar refractivity (Wildman–Crippen MR) is 124 cm³/mol. The van der Waals surface area contributed by atoms with Gasteiger partial charge >= 0.3 is 17.8 Å². The number of nitrogens with zero attached hydrogens (tertiary/aromatic N) is 1. The number of esters is 1. The number of hydrazone groups is 1. The number of rotatable bonds is 5. The SMILES string of the molecule is O=C(N/N=C/c1cccc(OC(=O)c2ccc(Cl)cc2)c1)C(=O)Nc1cc(Cl)cc(Cl)c1. The maximum Gasteiger partial charge on any atom is 0.343 e. The molecular formula is C22H14Cl3N3O4. The van der Waals surface area contributed by atoms with E-state index in [0.717, 1.165) is 0 Å². The first-order valence-electron chi connectivity index (χ1n) is 8.98. The van der Waals surface area contributed by atoms with Crippen LogP contribution in [0.15, 0.2) is 71.8 Å².